The molecule has 0 spiro atoms. The number of rotatable bonds is 8. The second-order valence-electron chi connectivity index (χ2n) is 14.9. The molecule has 0 aromatic heterocycles. The summed E-state index contributed by atoms with van der Waals surface area (Å²) in [7, 11) is -6.71. The molecule has 0 unspecified atom stereocenters. The summed E-state index contributed by atoms with van der Waals surface area (Å²) in [6, 6.07) is 67.7. The SMILES string of the molecule is C[C@H](N[P@@]1(=O)Oc2c(-c3ccccc3)cccc2-c2ccccc21)c1ccccc1.C[C@H](N[P@@]1(=O)Oc2c(-c3ccccc3)cccc2-c2ccccc21)c1ccccc1. The molecular formula is C52H44N2O4P2. The Balaban J connectivity index is 0.000000154. The van der Waals surface area contributed by atoms with Crippen LogP contribution in [0, 0.1) is 0 Å². The highest BCUT2D eigenvalue weighted by Crippen LogP contribution is 2.57. The summed E-state index contributed by atoms with van der Waals surface area (Å²) >= 11 is 0. The monoisotopic (exact) mass is 822 g/mol. The van der Waals surface area contributed by atoms with Gasteiger partial charge in [-0.2, -0.15) is 0 Å². The van der Waals surface area contributed by atoms with Crippen molar-refractivity contribution in [1.82, 2.24) is 10.2 Å². The number of nitrogens with one attached hydrogen (secondary N) is 2. The van der Waals surface area contributed by atoms with Gasteiger partial charge in [0, 0.05) is 45.5 Å². The summed E-state index contributed by atoms with van der Waals surface area (Å²) in [5.74, 6) is 1.33. The van der Waals surface area contributed by atoms with Crippen LogP contribution in [0.5, 0.6) is 11.5 Å². The predicted octanol–water partition coefficient (Wildman–Crippen LogP) is 13.2. The summed E-state index contributed by atoms with van der Waals surface area (Å²) in [6.45, 7) is 4.03. The highest BCUT2D eigenvalue weighted by Gasteiger charge is 2.40. The van der Waals surface area contributed by atoms with Crippen molar-refractivity contribution < 1.29 is 18.2 Å². The zero-order valence-electron chi connectivity index (χ0n) is 33.3. The molecule has 0 bridgehead atoms. The van der Waals surface area contributed by atoms with Crippen LogP contribution in [0.3, 0.4) is 0 Å². The fourth-order valence-corrected chi connectivity index (χ4v) is 12.4. The average molecular weight is 823 g/mol. The molecule has 2 aliphatic heterocycles. The number of hydrogen-bond donors (Lipinski definition) is 2. The Morgan fingerprint density at radius 3 is 1.03 bits per heavy atom. The summed E-state index contributed by atoms with van der Waals surface area (Å²) in [5.41, 5.74) is 9.93. The molecule has 0 saturated heterocycles. The molecule has 6 nitrogen and oxygen atoms in total. The highest BCUT2D eigenvalue weighted by molar-refractivity contribution is 7.66. The first-order chi connectivity index (χ1) is 29.3. The lowest BCUT2D eigenvalue weighted by molar-refractivity contribution is 0.467. The van der Waals surface area contributed by atoms with Crippen LogP contribution < -0.4 is 29.8 Å². The summed E-state index contributed by atoms with van der Waals surface area (Å²) in [6.07, 6.45) is 0. The van der Waals surface area contributed by atoms with Crippen LogP contribution in [0.15, 0.2) is 206 Å². The second kappa shape index (κ2) is 16.8. The number of benzene rings is 8. The van der Waals surface area contributed by atoms with Crippen molar-refractivity contribution in [3.63, 3.8) is 0 Å². The number of fused-ring (bicyclic) bond motifs is 6. The van der Waals surface area contributed by atoms with Crippen LogP contribution in [0.2, 0.25) is 0 Å². The van der Waals surface area contributed by atoms with Gasteiger partial charge in [-0.25, -0.2) is 10.2 Å². The maximum absolute atomic E-state index is 14.3. The van der Waals surface area contributed by atoms with Gasteiger partial charge >= 0.3 is 15.0 Å². The zero-order valence-corrected chi connectivity index (χ0v) is 35.1. The van der Waals surface area contributed by atoms with E-state index in [0.717, 1.165) is 55.6 Å². The minimum atomic E-state index is -3.35. The Kier molecular flexibility index (Phi) is 11.0. The van der Waals surface area contributed by atoms with E-state index in [2.05, 4.69) is 10.2 Å². The summed E-state index contributed by atoms with van der Waals surface area (Å²) in [5, 5.41) is 8.07. The Morgan fingerprint density at radius 1 is 0.350 bits per heavy atom. The largest absolute Gasteiger partial charge is 0.428 e. The van der Waals surface area contributed by atoms with Gasteiger partial charge in [0.15, 0.2) is 0 Å². The summed E-state index contributed by atoms with van der Waals surface area (Å²) in [4.78, 5) is 0. The number of hydrogen-bond acceptors (Lipinski definition) is 4. The molecular weight excluding hydrogens is 779 g/mol. The van der Waals surface area contributed by atoms with Gasteiger partial charge in [-0.05, 0) is 48.2 Å². The third kappa shape index (κ3) is 7.68. The lowest BCUT2D eigenvalue weighted by Crippen LogP contribution is -2.29. The quantitative estimate of drug-likeness (QED) is 0.149. The molecule has 2 heterocycles. The molecule has 0 aliphatic carbocycles. The van der Waals surface area contributed by atoms with Gasteiger partial charge in [0.25, 0.3) is 0 Å². The van der Waals surface area contributed by atoms with Crippen molar-refractivity contribution in [1.29, 1.82) is 0 Å². The van der Waals surface area contributed by atoms with Gasteiger partial charge in [0.1, 0.15) is 11.5 Å². The standard InChI is InChI=1S/2C26H22NO2P/c2*1-19(20-11-4-2-5-12-20)27-30(28)25-18-9-8-15-23(25)24-17-10-16-22(26(24)29-30)21-13-6-3-7-14-21/h2*2-19H,1H3,(H,27,28)/t2*19-,30-/m00/s1. The van der Waals surface area contributed by atoms with E-state index in [1.54, 1.807) is 0 Å². The van der Waals surface area contributed by atoms with E-state index in [1.165, 1.54) is 0 Å². The molecule has 8 aromatic rings. The van der Waals surface area contributed by atoms with Gasteiger partial charge in [-0.3, -0.25) is 9.13 Å². The molecule has 296 valence electrons. The van der Waals surface area contributed by atoms with Crippen LogP contribution in [0.4, 0.5) is 0 Å². The first kappa shape index (κ1) is 39.2. The molecule has 0 radical (unpaired) electrons. The predicted molar refractivity (Wildman–Crippen MR) is 246 cm³/mol. The molecule has 2 N–H and O–H groups in total. The van der Waals surface area contributed by atoms with Crippen molar-refractivity contribution in [2.75, 3.05) is 0 Å². The van der Waals surface area contributed by atoms with E-state index in [4.69, 9.17) is 9.05 Å². The maximum Gasteiger partial charge on any atom is 0.348 e. The van der Waals surface area contributed by atoms with Crippen molar-refractivity contribution in [3.8, 4) is 56.0 Å². The Labute approximate surface area is 351 Å². The smallest absolute Gasteiger partial charge is 0.348 e. The van der Waals surface area contributed by atoms with E-state index in [9.17, 15) is 9.13 Å². The minimum Gasteiger partial charge on any atom is -0.428 e. The molecule has 8 aromatic carbocycles. The van der Waals surface area contributed by atoms with Crippen LogP contribution in [-0.4, -0.2) is 0 Å². The fourth-order valence-electron chi connectivity index (χ4n) is 7.99. The molecule has 0 fully saturated rings. The van der Waals surface area contributed by atoms with Gasteiger partial charge < -0.3 is 9.05 Å². The zero-order chi connectivity index (χ0) is 41.1. The maximum atomic E-state index is 14.3. The van der Waals surface area contributed by atoms with Crippen molar-refractivity contribution >= 4 is 25.6 Å². The lowest BCUT2D eigenvalue weighted by atomic mass is 9.97. The van der Waals surface area contributed by atoms with E-state index >= 15 is 0 Å². The van der Waals surface area contributed by atoms with Crippen LogP contribution in [0.1, 0.15) is 37.1 Å². The minimum absolute atomic E-state index is 0.129. The molecule has 10 rings (SSSR count). The topological polar surface area (TPSA) is 76.7 Å². The first-order valence-electron chi connectivity index (χ1n) is 20.1. The molecule has 60 heavy (non-hydrogen) atoms. The van der Waals surface area contributed by atoms with Crippen LogP contribution in [-0.2, 0) is 9.13 Å². The van der Waals surface area contributed by atoms with Crippen molar-refractivity contribution in [2.24, 2.45) is 0 Å². The Hall–Kier alpha value is -6.26. The van der Waals surface area contributed by atoms with E-state index in [-0.39, 0.29) is 12.1 Å². The van der Waals surface area contributed by atoms with Crippen molar-refractivity contribution in [2.45, 2.75) is 25.9 Å². The lowest BCUT2D eigenvalue weighted by Gasteiger charge is -2.32. The fraction of sp³-hybridized carbons (Fsp3) is 0.0769. The van der Waals surface area contributed by atoms with E-state index in [1.807, 2.05) is 220 Å². The number of para-hydroxylation sites is 2. The third-order valence-electron chi connectivity index (χ3n) is 11.0. The summed E-state index contributed by atoms with van der Waals surface area (Å²) < 4.78 is 41.2. The van der Waals surface area contributed by atoms with Gasteiger partial charge in [0.2, 0.25) is 0 Å². The molecule has 4 atom stereocenters. The third-order valence-corrected chi connectivity index (χ3v) is 15.4. The Bertz CT molecular complexity index is 2650. The van der Waals surface area contributed by atoms with Gasteiger partial charge in [-0.1, -0.05) is 194 Å². The van der Waals surface area contributed by atoms with Crippen molar-refractivity contribution in [3.05, 3.63) is 217 Å². The highest BCUT2D eigenvalue weighted by atomic mass is 31.2. The average Bonchev–Trinajstić information content (AvgIpc) is 3.30. The van der Waals surface area contributed by atoms with E-state index < -0.39 is 15.0 Å². The van der Waals surface area contributed by atoms with Crippen LogP contribution >= 0.6 is 15.0 Å². The molecule has 2 aliphatic rings. The molecule has 0 amide bonds. The van der Waals surface area contributed by atoms with Gasteiger partial charge in [0.05, 0.1) is 10.6 Å². The normalized spacial score (nSPS) is 18.0. The van der Waals surface area contributed by atoms with E-state index in [0.29, 0.717) is 22.1 Å². The molecule has 0 saturated carbocycles. The first-order valence-corrected chi connectivity index (χ1v) is 23.4. The van der Waals surface area contributed by atoms with Crippen LogP contribution in [0.25, 0.3) is 44.5 Å². The molecule has 8 heteroatoms. The Morgan fingerprint density at radius 2 is 0.650 bits per heavy atom. The second-order valence-corrected chi connectivity index (χ2v) is 19.0. The van der Waals surface area contributed by atoms with Gasteiger partial charge in [-0.15, -0.1) is 0 Å².